The molecule has 0 unspecified atom stereocenters. The van der Waals surface area contributed by atoms with Crippen LogP contribution in [0.3, 0.4) is 0 Å². The van der Waals surface area contributed by atoms with Crippen molar-refractivity contribution >= 4 is 11.7 Å². The first-order chi connectivity index (χ1) is 9.15. The van der Waals surface area contributed by atoms with Crippen LogP contribution in [0.25, 0.3) is 0 Å². The molecule has 1 N–H and O–H groups in total. The van der Waals surface area contributed by atoms with Gasteiger partial charge in [0.2, 0.25) is 5.91 Å². The van der Waals surface area contributed by atoms with E-state index in [1.165, 1.54) is 10.6 Å². The first kappa shape index (κ1) is 12.1. The Bertz CT molecular complexity index is 599. The molecule has 1 saturated carbocycles. The molecule has 5 nitrogen and oxygen atoms in total. The lowest BCUT2D eigenvalue weighted by atomic mass is 9.94. The topological polar surface area (TPSA) is 68.2 Å². The maximum absolute atomic E-state index is 11.9. The summed E-state index contributed by atoms with van der Waals surface area (Å²) in [5.41, 5.74) is 1.11. The lowest BCUT2D eigenvalue weighted by Gasteiger charge is -2.19. The third kappa shape index (κ3) is 2.45. The fourth-order valence-corrected chi connectivity index (χ4v) is 2.51. The number of Topliss-reactive ketones (excluding diaryl/α,β-unsaturated/α-hetero) is 1. The number of rotatable bonds is 3. The average molecular weight is 260 g/mol. The number of nitrogens with one attached hydrogen (secondary N) is 1. The van der Waals surface area contributed by atoms with Crippen LogP contribution in [0.4, 0.5) is 0 Å². The van der Waals surface area contributed by atoms with E-state index in [0.29, 0.717) is 18.4 Å². The largest absolute Gasteiger partial charge is 0.352 e. The van der Waals surface area contributed by atoms with Crippen molar-refractivity contribution in [3.05, 3.63) is 33.7 Å². The van der Waals surface area contributed by atoms with Crippen molar-refractivity contribution in [3.63, 3.8) is 0 Å². The summed E-state index contributed by atoms with van der Waals surface area (Å²) >= 11 is 0. The van der Waals surface area contributed by atoms with Crippen LogP contribution < -0.4 is 10.9 Å². The van der Waals surface area contributed by atoms with Gasteiger partial charge in [-0.3, -0.25) is 14.4 Å². The minimum atomic E-state index is -0.209. The Morgan fingerprint density at radius 2 is 2.05 bits per heavy atom. The summed E-state index contributed by atoms with van der Waals surface area (Å²) in [6.07, 6.45) is 4.00. The SMILES string of the molecule is O=C(Cn1c2c(ccc1=O)C(=O)CCC2)NC1CC1. The van der Waals surface area contributed by atoms with Crippen LogP contribution >= 0.6 is 0 Å². The Balaban J connectivity index is 1.90. The van der Waals surface area contributed by atoms with Gasteiger partial charge in [-0.2, -0.15) is 0 Å². The van der Waals surface area contributed by atoms with Gasteiger partial charge in [-0.15, -0.1) is 0 Å². The van der Waals surface area contributed by atoms with E-state index >= 15 is 0 Å². The number of fused-ring (bicyclic) bond motifs is 1. The first-order valence-corrected chi connectivity index (χ1v) is 6.70. The summed E-state index contributed by atoms with van der Waals surface area (Å²) in [5.74, 6) is -0.0753. The molecular formula is C14H16N2O3. The molecule has 0 spiro atoms. The normalized spacial score (nSPS) is 18.0. The second-order valence-corrected chi connectivity index (χ2v) is 5.24. The standard InChI is InChI=1S/C14H16N2O3/c17-12-3-1-2-11-10(12)6-7-14(19)16(11)8-13(18)15-9-4-5-9/h6-7,9H,1-5,8H2,(H,15,18). The number of pyridine rings is 1. The van der Waals surface area contributed by atoms with Gasteiger partial charge in [0.1, 0.15) is 6.54 Å². The first-order valence-electron chi connectivity index (χ1n) is 6.70. The van der Waals surface area contributed by atoms with E-state index in [-0.39, 0.29) is 29.8 Å². The molecule has 100 valence electrons. The Labute approximate surface area is 110 Å². The molecular weight excluding hydrogens is 244 g/mol. The van der Waals surface area contributed by atoms with Crippen LogP contribution in [0.15, 0.2) is 16.9 Å². The van der Waals surface area contributed by atoms with Crippen molar-refractivity contribution < 1.29 is 9.59 Å². The van der Waals surface area contributed by atoms with Gasteiger partial charge >= 0.3 is 0 Å². The summed E-state index contributed by atoms with van der Waals surface area (Å²) in [6, 6.07) is 3.25. The van der Waals surface area contributed by atoms with Crippen molar-refractivity contribution in [2.24, 2.45) is 0 Å². The quantitative estimate of drug-likeness (QED) is 0.867. The molecule has 1 heterocycles. The third-order valence-electron chi connectivity index (χ3n) is 3.66. The molecule has 0 aromatic carbocycles. The van der Waals surface area contributed by atoms with Gasteiger partial charge in [0.15, 0.2) is 5.78 Å². The van der Waals surface area contributed by atoms with Crippen LogP contribution in [0.2, 0.25) is 0 Å². The zero-order valence-electron chi connectivity index (χ0n) is 10.6. The van der Waals surface area contributed by atoms with E-state index < -0.39 is 0 Å². The van der Waals surface area contributed by atoms with Gasteiger partial charge in [0.05, 0.1) is 0 Å². The average Bonchev–Trinajstić information content (AvgIpc) is 3.17. The molecule has 0 bridgehead atoms. The fraction of sp³-hybridized carbons (Fsp3) is 0.500. The van der Waals surface area contributed by atoms with E-state index in [9.17, 15) is 14.4 Å². The van der Waals surface area contributed by atoms with Crippen LogP contribution in [0.5, 0.6) is 0 Å². The van der Waals surface area contributed by atoms with Gasteiger partial charge in [-0.05, 0) is 31.7 Å². The molecule has 0 aliphatic heterocycles. The van der Waals surface area contributed by atoms with Crippen LogP contribution in [0.1, 0.15) is 41.7 Å². The Hall–Kier alpha value is -1.91. The van der Waals surface area contributed by atoms with E-state index in [0.717, 1.165) is 25.0 Å². The molecule has 1 aromatic heterocycles. The van der Waals surface area contributed by atoms with Crippen molar-refractivity contribution in [2.45, 2.75) is 44.7 Å². The number of hydrogen-bond donors (Lipinski definition) is 1. The number of hydrogen-bond acceptors (Lipinski definition) is 3. The zero-order valence-corrected chi connectivity index (χ0v) is 10.6. The number of carbonyl (C=O) groups excluding carboxylic acids is 2. The summed E-state index contributed by atoms with van der Waals surface area (Å²) in [6.45, 7) is 0.0196. The lowest BCUT2D eigenvalue weighted by molar-refractivity contribution is -0.121. The molecule has 1 aromatic rings. The second kappa shape index (κ2) is 4.64. The number of aromatic nitrogens is 1. The van der Waals surface area contributed by atoms with Gasteiger partial charge in [-0.1, -0.05) is 0 Å². The monoisotopic (exact) mass is 260 g/mol. The van der Waals surface area contributed by atoms with Crippen LogP contribution in [-0.2, 0) is 17.8 Å². The lowest BCUT2D eigenvalue weighted by Crippen LogP contribution is -2.36. The fourth-order valence-electron chi connectivity index (χ4n) is 2.51. The van der Waals surface area contributed by atoms with E-state index in [1.54, 1.807) is 6.07 Å². The van der Waals surface area contributed by atoms with Crippen molar-refractivity contribution in [1.29, 1.82) is 0 Å². The summed E-state index contributed by atoms with van der Waals surface area (Å²) in [5, 5.41) is 2.86. The maximum Gasteiger partial charge on any atom is 0.251 e. The highest BCUT2D eigenvalue weighted by molar-refractivity contribution is 5.98. The molecule has 0 radical (unpaired) electrons. The molecule has 5 heteroatoms. The molecule has 1 amide bonds. The van der Waals surface area contributed by atoms with E-state index in [2.05, 4.69) is 5.32 Å². The Kier molecular flexibility index (Phi) is 2.97. The van der Waals surface area contributed by atoms with Crippen molar-refractivity contribution in [2.75, 3.05) is 0 Å². The summed E-state index contributed by atoms with van der Waals surface area (Å²) in [7, 11) is 0. The maximum atomic E-state index is 11.9. The smallest absolute Gasteiger partial charge is 0.251 e. The number of ketones is 1. The van der Waals surface area contributed by atoms with Gasteiger partial charge in [-0.25, -0.2) is 0 Å². The highest BCUT2D eigenvalue weighted by Crippen LogP contribution is 2.20. The number of nitrogens with zero attached hydrogens (tertiary/aromatic N) is 1. The molecule has 19 heavy (non-hydrogen) atoms. The molecule has 2 aliphatic rings. The highest BCUT2D eigenvalue weighted by atomic mass is 16.2. The Morgan fingerprint density at radius 3 is 2.79 bits per heavy atom. The Morgan fingerprint density at radius 1 is 1.26 bits per heavy atom. The van der Waals surface area contributed by atoms with Crippen LogP contribution in [-0.4, -0.2) is 22.3 Å². The minimum absolute atomic E-state index is 0.0196. The molecule has 0 atom stereocenters. The molecule has 2 aliphatic carbocycles. The highest BCUT2D eigenvalue weighted by Gasteiger charge is 2.25. The molecule has 1 fully saturated rings. The summed E-state index contributed by atoms with van der Waals surface area (Å²) < 4.78 is 1.45. The van der Waals surface area contributed by atoms with Gasteiger partial charge < -0.3 is 9.88 Å². The van der Waals surface area contributed by atoms with Gasteiger partial charge in [0.25, 0.3) is 5.56 Å². The van der Waals surface area contributed by atoms with Crippen LogP contribution in [0, 0.1) is 0 Å². The zero-order chi connectivity index (χ0) is 13.4. The molecule has 3 rings (SSSR count). The van der Waals surface area contributed by atoms with Crippen molar-refractivity contribution in [1.82, 2.24) is 9.88 Å². The summed E-state index contributed by atoms with van der Waals surface area (Å²) in [4.78, 5) is 35.5. The molecule has 0 saturated heterocycles. The number of carbonyl (C=O) groups is 2. The predicted octanol–water partition coefficient (Wildman–Crippen LogP) is 0.646. The van der Waals surface area contributed by atoms with Gasteiger partial charge in [0, 0.05) is 29.8 Å². The van der Waals surface area contributed by atoms with E-state index in [1.807, 2.05) is 0 Å². The van der Waals surface area contributed by atoms with Crippen molar-refractivity contribution in [3.8, 4) is 0 Å². The number of amides is 1. The predicted molar refractivity (Wildman–Crippen MR) is 69.1 cm³/mol. The minimum Gasteiger partial charge on any atom is -0.352 e. The second-order valence-electron chi connectivity index (χ2n) is 5.24. The van der Waals surface area contributed by atoms with E-state index in [4.69, 9.17) is 0 Å². The third-order valence-corrected chi connectivity index (χ3v) is 3.66.